The largest absolute Gasteiger partial charge is 0.372 e. The lowest BCUT2D eigenvalue weighted by atomic mass is 10.1. The first-order valence-electron chi connectivity index (χ1n) is 6.82. The molecule has 0 spiro atoms. The highest BCUT2D eigenvalue weighted by molar-refractivity contribution is 5.61. The molecule has 1 aliphatic rings. The fraction of sp³-hybridized carbons (Fsp3) is 0.600. The Morgan fingerprint density at radius 2 is 2.26 bits per heavy atom. The Morgan fingerprint density at radius 3 is 2.84 bits per heavy atom. The van der Waals surface area contributed by atoms with E-state index >= 15 is 0 Å². The molecule has 0 amide bonds. The number of aryl methyl sites for hydroxylation is 2. The first kappa shape index (κ1) is 13.8. The van der Waals surface area contributed by atoms with Crippen LogP contribution >= 0.6 is 0 Å². The standard InChI is InChI=1S/C15H22N4/c1-11-8-15(14(9-16)12(2)17-11)19(4)10-13-6-5-7-18(13)3/h8,13H,5-7,10H2,1-4H3. The van der Waals surface area contributed by atoms with Gasteiger partial charge in [-0.1, -0.05) is 0 Å². The number of hydrogen-bond acceptors (Lipinski definition) is 4. The highest BCUT2D eigenvalue weighted by Crippen LogP contribution is 2.24. The minimum absolute atomic E-state index is 0.588. The molecule has 1 aromatic heterocycles. The van der Waals surface area contributed by atoms with Crippen molar-refractivity contribution in [1.29, 1.82) is 5.26 Å². The number of aromatic nitrogens is 1. The molecule has 1 unspecified atom stereocenters. The molecule has 19 heavy (non-hydrogen) atoms. The van der Waals surface area contributed by atoms with Crippen LogP contribution in [-0.4, -0.2) is 43.1 Å². The molecule has 0 bridgehead atoms. The lowest BCUT2D eigenvalue weighted by molar-refractivity contribution is 0.314. The highest BCUT2D eigenvalue weighted by atomic mass is 15.2. The molecule has 4 nitrogen and oxygen atoms in total. The molecule has 1 aromatic rings. The summed E-state index contributed by atoms with van der Waals surface area (Å²) in [6, 6.07) is 4.89. The second-order valence-corrected chi connectivity index (χ2v) is 5.51. The van der Waals surface area contributed by atoms with Crippen molar-refractivity contribution >= 4 is 5.69 Å². The Bertz CT molecular complexity index is 504. The van der Waals surface area contributed by atoms with Crippen molar-refractivity contribution in [1.82, 2.24) is 9.88 Å². The van der Waals surface area contributed by atoms with Gasteiger partial charge in [-0.3, -0.25) is 4.98 Å². The van der Waals surface area contributed by atoms with Crippen molar-refractivity contribution in [2.75, 3.05) is 32.1 Å². The minimum Gasteiger partial charge on any atom is -0.372 e. The van der Waals surface area contributed by atoms with Gasteiger partial charge in [0, 0.05) is 25.3 Å². The molecule has 1 atom stereocenters. The topological polar surface area (TPSA) is 43.2 Å². The van der Waals surface area contributed by atoms with Gasteiger partial charge in [-0.15, -0.1) is 0 Å². The number of pyridine rings is 1. The average Bonchev–Trinajstić information content (AvgIpc) is 2.74. The molecule has 0 aromatic carbocycles. The molecular formula is C15H22N4. The molecule has 1 saturated heterocycles. The van der Waals surface area contributed by atoms with E-state index in [1.165, 1.54) is 19.4 Å². The average molecular weight is 258 g/mol. The lowest BCUT2D eigenvalue weighted by Gasteiger charge is -2.28. The van der Waals surface area contributed by atoms with Crippen LogP contribution in [0.4, 0.5) is 5.69 Å². The van der Waals surface area contributed by atoms with E-state index in [9.17, 15) is 5.26 Å². The molecule has 0 saturated carbocycles. The maximum Gasteiger partial charge on any atom is 0.103 e. The van der Waals surface area contributed by atoms with Gasteiger partial charge in [0.15, 0.2) is 0 Å². The van der Waals surface area contributed by atoms with Crippen molar-refractivity contribution in [3.63, 3.8) is 0 Å². The van der Waals surface area contributed by atoms with E-state index in [-0.39, 0.29) is 0 Å². The number of anilines is 1. The zero-order valence-corrected chi connectivity index (χ0v) is 12.3. The predicted octanol–water partition coefficient (Wildman–Crippen LogP) is 2.10. The van der Waals surface area contributed by atoms with Gasteiger partial charge in [0.1, 0.15) is 6.07 Å². The van der Waals surface area contributed by atoms with Crippen LogP contribution in [0.2, 0.25) is 0 Å². The molecule has 2 heterocycles. The van der Waals surface area contributed by atoms with E-state index in [2.05, 4.69) is 34.9 Å². The fourth-order valence-corrected chi connectivity index (χ4v) is 2.87. The SMILES string of the molecule is Cc1cc(N(C)CC2CCCN2C)c(C#N)c(C)n1. The Morgan fingerprint density at radius 1 is 1.53 bits per heavy atom. The number of nitrogens with zero attached hydrogens (tertiary/aromatic N) is 4. The Kier molecular flexibility index (Phi) is 4.06. The lowest BCUT2D eigenvalue weighted by Crippen LogP contribution is -2.37. The Balaban J connectivity index is 2.23. The molecule has 0 radical (unpaired) electrons. The Hall–Kier alpha value is -1.60. The van der Waals surface area contributed by atoms with Gasteiger partial charge in [0.2, 0.25) is 0 Å². The zero-order valence-electron chi connectivity index (χ0n) is 12.3. The van der Waals surface area contributed by atoms with Gasteiger partial charge in [-0.05, 0) is 46.3 Å². The number of nitriles is 1. The third-order valence-corrected chi connectivity index (χ3v) is 3.99. The monoisotopic (exact) mass is 258 g/mol. The van der Waals surface area contributed by atoms with E-state index < -0.39 is 0 Å². The smallest absolute Gasteiger partial charge is 0.103 e. The van der Waals surface area contributed by atoms with Crippen LogP contribution in [-0.2, 0) is 0 Å². The third kappa shape index (κ3) is 2.87. The molecule has 0 aliphatic carbocycles. The van der Waals surface area contributed by atoms with E-state index in [4.69, 9.17) is 0 Å². The second kappa shape index (κ2) is 5.58. The molecule has 0 N–H and O–H groups in total. The van der Waals surface area contributed by atoms with Crippen LogP contribution in [0.15, 0.2) is 6.07 Å². The van der Waals surface area contributed by atoms with Crippen molar-refractivity contribution in [3.8, 4) is 6.07 Å². The maximum atomic E-state index is 9.32. The van der Waals surface area contributed by atoms with Crippen LogP contribution in [0, 0.1) is 25.2 Å². The van der Waals surface area contributed by atoms with E-state index in [1.807, 2.05) is 19.9 Å². The first-order chi connectivity index (χ1) is 9.02. The van der Waals surface area contributed by atoms with Crippen LogP contribution in [0.1, 0.15) is 29.8 Å². The molecular weight excluding hydrogens is 236 g/mol. The van der Waals surface area contributed by atoms with Gasteiger partial charge >= 0.3 is 0 Å². The van der Waals surface area contributed by atoms with Crippen LogP contribution in [0.25, 0.3) is 0 Å². The van der Waals surface area contributed by atoms with E-state index in [0.29, 0.717) is 11.6 Å². The van der Waals surface area contributed by atoms with Crippen LogP contribution in [0.3, 0.4) is 0 Å². The number of likely N-dealkylation sites (tertiary alicyclic amines) is 1. The number of likely N-dealkylation sites (N-methyl/N-ethyl adjacent to an activating group) is 2. The molecule has 102 valence electrons. The van der Waals surface area contributed by atoms with Gasteiger partial charge in [0.25, 0.3) is 0 Å². The van der Waals surface area contributed by atoms with E-state index in [0.717, 1.165) is 23.6 Å². The van der Waals surface area contributed by atoms with Crippen molar-refractivity contribution < 1.29 is 0 Å². The summed E-state index contributed by atoms with van der Waals surface area (Å²) in [4.78, 5) is 8.98. The maximum absolute atomic E-state index is 9.32. The Labute approximate surface area is 115 Å². The summed E-state index contributed by atoms with van der Waals surface area (Å²) in [6.45, 7) is 6.03. The van der Waals surface area contributed by atoms with Crippen molar-refractivity contribution in [2.24, 2.45) is 0 Å². The predicted molar refractivity (Wildman–Crippen MR) is 77.3 cm³/mol. The first-order valence-corrected chi connectivity index (χ1v) is 6.82. The van der Waals surface area contributed by atoms with Crippen LogP contribution in [0.5, 0.6) is 0 Å². The van der Waals surface area contributed by atoms with Gasteiger partial charge < -0.3 is 9.80 Å². The third-order valence-electron chi connectivity index (χ3n) is 3.99. The number of rotatable bonds is 3. The van der Waals surface area contributed by atoms with E-state index in [1.54, 1.807) is 0 Å². The molecule has 2 rings (SSSR count). The fourth-order valence-electron chi connectivity index (χ4n) is 2.87. The summed E-state index contributed by atoms with van der Waals surface area (Å²) in [5.41, 5.74) is 3.50. The highest BCUT2D eigenvalue weighted by Gasteiger charge is 2.23. The molecule has 1 fully saturated rings. The summed E-state index contributed by atoms with van der Waals surface area (Å²) in [5.74, 6) is 0. The van der Waals surface area contributed by atoms with Crippen LogP contribution < -0.4 is 4.90 Å². The van der Waals surface area contributed by atoms with Gasteiger partial charge in [0.05, 0.1) is 16.9 Å². The minimum atomic E-state index is 0.588. The normalized spacial score (nSPS) is 19.4. The zero-order chi connectivity index (χ0) is 14.0. The van der Waals surface area contributed by atoms with Crippen molar-refractivity contribution in [2.45, 2.75) is 32.7 Å². The number of hydrogen-bond donors (Lipinski definition) is 0. The quantitative estimate of drug-likeness (QED) is 0.832. The second-order valence-electron chi connectivity index (χ2n) is 5.51. The molecule has 1 aliphatic heterocycles. The summed E-state index contributed by atoms with van der Waals surface area (Å²) in [6.07, 6.45) is 2.51. The van der Waals surface area contributed by atoms with Crippen molar-refractivity contribution in [3.05, 3.63) is 23.0 Å². The molecule has 4 heteroatoms. The summed E-state index contributed by atoms with van der Waals surface area (Å²) in [7, 11) is 4.25. The van der Waals surface area contributed by atoms with Gasteiger partial charge in [-0.25, -0.2) is 0 Å². The summed E-state index contributed by atoms with van der Waals surface area (Å²) < 4.78 is 0. The summed E-state index contributed by atoms with van der Waals surface area (Å²) in [5, 5.41) is 9.32. The summed E-state index contributed by atoms with van der Waals surface area (Å²) >= 11 is 0. The van der Waals surface area contributed by atoms with Gasteiger partial charge in [-0.2, -0.15) is 5.26 Å².